The van der Waals surface area contributed by atoms with Crippen LogP contribution >= 0.6 is 0 Å². The van der Waals surface area contributed by atoms with Gasteiger partial charge in [-0.1, -0.05) is 0 Å². The summed E-state index contributed by atoms with van der Waals surface area (Å²) in [7, 11) is 0. The van der Waals surface area contributed by atoms with Crippen molar-refractivity contribution < 1.29 is 9.47 Å². The molecule has 0 saturated carbocycles. The normalized spacial score (nSPS) is 23.4. The van der Waals surface area contributed by atoms with Crippen LogP contribution in [0.4, 0.5) is 0 Å². The summed E-state index contributed by atoms with van der Waals surface area (Å²) in [5.74, 6) is 2.00. The first-order valence-corrected chi connectivity index (χ1v) is 9.99. The summed E-state index contributed by atoms with van der Waals surface area (Å²) in [6.07, 6.45) is 5.67. The van der Waals surface area contributed by atoms with Crippen molar-refractivity contribution in [3.8, 4) is 0 Å². The minimum atomic E-state index is 0.454. The first-order valence-electron chi connectivity index (χ1n) is 9.99. The minimum Gasteiger partial charge on any atom is -0.379 e. The van der Waals surface area contributed by atoms with E-state index in [0.29, 0.717) is 11.8 Å². The molecule has 2 fully saturated rings. The van der Waals surface area contributed by atoms with E-state index in [0.717, 1.165) is 83.2 Å². The highest BCUT2D eigenvalue weighted by Gasteiger charge is 2.27. The molecule has 0 atom stereocenters. The SMILES string of the molecule is c1c2c(nn3c(C4CCN(CC5COCCOC5)CC4)nnc13)CCC2. The maximum absolute atomic E-state index is 5.63. The third-order valence-corrected chi connectivity index (χ3v) is 5.99. The Bertz CT molecular complexity index is 761. The van der Waals surface area contributed by atoms with Gasteiger partial charge in [-0.05, 0) is 56.8 Å². The molecular formula is C19H27N5O2. The number of nitrogens with zero attached hydrogens (tertiary/aromatic N) is 5. The Balaban J connectivity index is 1.25. The molecule has 2 aliphatic heterocycles. The standard InChI is InChI=1S/C19H27N5O2/c1-2-16-10-18-20-21-19(24(18)22-17(16)3-1)15-4-6-23(7-5-15)11-14-12-25-8-9-26-13-14/h10,14-15H,1-9,11-13H2. The molecular weight excluding hydrogens is 330 g/mol. The highest BCUT2D eigenvalue weighted by Crippen LogP contribution is 2.29. The Morgan fingerprint density at radius 1 is 1.04 bits per heavy atom. The van der Waals surface area contributed by atoms with Crippen LogP contribution in [0.5, 0.6) is 0 Å². The van der Waals surface area contributed by atoms with Crippen molar-refractivity contribution in [3.63, 3.8) is 0 Å². The van der Waals surface area contributed by atoms with Crippen LogP contribution in [-0.4, -0.2) is 70.8 Å². The van der Waals surface area contributed by atoms with Gasteiger partial charge in [-0.15, -0.1) is 10.2 Å². The highest BCUT2D eigenvalue weighted by molar-refractivity contribution is 5.43. The predicted octanol–water partition coefficient (Wildman–Crippen LogP) is 1.46. The fraction of sp³-hybridized carbons (Fsp3) is 0.737. The van der Waals surface area contributed by atoms with Gasteiger partial charge in [-0.2, -0.15) is 9.61 Å². The van der Waals surface area contributed by atoms with E-state index >= 15 is 0 Å². The van der Waals surface area contributed by atoms with Gasteiger partial charge in [0.15, 0.2) is 11.5 Å². The molecule has 0 aromatic carbocycles. The zero-order chi connectivity index (χ0) is 17.3. The maximum atomic E-state index is 5.63. The molecule has 0 unspecified atom stereocenters. The van der Waals surface area contributed by atoms with Crippen LogP contribution < -0.4 is 0 Å². The van der Waals surface area contributed by atoms with E-state index in [2.05, 4.69) is 21.2 Å². The van der Waals surface area contributed by atoms with Crippen LogP contribution in [0.25, 0.3) is 5.65 Å². The average molecular weight is 357 g/mol. The molecule has 0 spiro atoms. The first kappa shape index (κ1) is 16.6. The first-order chi connectivity index (χ1) is 12.9. The molecule has 26 heavy (non-hydrogen) atoms. The Morgan fingerprint density at radius 2 is 1.85 bits per heavy atom. The lowest BCUT2D eigenvalue weighted by molar-refractivity contribution is 0.0931. The Morgan fingerprint density at radius 3 is 2.65 bits per heavy atom. The van der Waals surface area contributed by atoms with Crippen molar-refractivity contribution >= 4 is 5.65 Å². The fourth-order valence-electron chi connectivity index (χ4n) is 4.56. The highest BCUT2D eigenvalue weighted by atomic mass is 16.5. The predicted molar refractivity (Wildman–Crippen MR) is 96.4 cm³/mol. The number of hydrogen-bond donors (Lipinski definition) is 0. The minimum absolute atomic E-state index is 0.454. The van der Waals surface area contributed by atoms with Gasteiger partial charge < -0.3 is 14.4 Å². The molecule has 1 aliphatic carbocycles. The molecule has 4 heterocycles. The fourth-order valence-corrected chi connectivity index (χ4v) is 4.56. The average Bonchev–Trinajstić information content (AvgIpc) is 3.20. The summed E-state index contributed by atoms with van der Waals surface area (Å²) in [5, 5.41) is 13.8. The monoisotopic (exact) mass is 357 g/mol. The third-order valence-electron chi connectivity index (χ3n) is 5.99. The topological polar surface area (TPSA) is 64.8 Å². The number of aromatic nitrogens is 4. The van der Waals surface area contributed by atoms with E-state index < -0.39 is 0 Å². The van der Waals surface area contributed by atoms with E-state index in [4.69, 9.17) is 14.6 Å². The quantitative estimate of drug-likeness (QED) is 0.829. The van der Waals surface area contributed by atoms with E-state index in [1.165, 1.54) is 17.7 Å². The molecule has 3 aliphatic rings. The van der Waals surface area contributed by atoms with Gasteiger partial charge in [0.05, 0.1) is 32.1 Å². The zero-order valence-corrected chi connectivity index (χ0v) is 15.3. The molecule has 7 nitrogen and oxygen atoms in total. The molecule has 140 valence electrons. The summed E-state index contributed by atoms with van der Waals surface area (Å²) in [6, 6.07) is 2.19. The van der Waals surface area contributed by atoms with Crippen LogP contribution in [0, 0.1) is 5.92 Å². The Labute approximate surface area is 153 Å². The van der Waals surface area contributed by atoms with E-state index in [-0.39, 0.29) is 0 Å². The number of hydrogen-bond acceptors (Lipinski definition) is 6. The molecule has 2 saturated heterocycles. The van der Waals surface area contributed by atoms with Gasteiger partial charge in [0.25, 0.3) is 0 Å². The molecule has 0 bridgehead atoms. The van der Waals surface area contributed by atoms with Crippen LogP contribution in [0.15, 0.2) is 6.07 Å². The lowest BCUT2D eigenvalue weighted by Crippen LogP contribution is -2.38. The third kappa shape index (κ3) is 3.23. The summed E-state index contributed by atoms with van der Waals surface area (Å²) in [4.78, 5) is 2.55. The largest absolute Gasteiger partial charge is 0.379 e. The van der Waals surface area contributed by atoms with Crippen molar-refractivity contribution in [2.45, 2.75) is 38.0 Å². The summed E-state index contributed by atoms with van der Waals surface area (Å²) < 4.78 is 13.3. The maximum Gasteiger partial charge on any atom is 0.178 e. The van der Waals surface area contributed by atoms with Crippen molar-refractivity contribution in [2.24, 2.45) is 5.92 Å². The second-order valence-electron chi connectivity index (χ2n) is 7.89. The summed E-state index contributed by atoms with van der Waals surface area (Å²) >= 11 is 0. The second kappa shape index (κ2) is 7.21. The van der Waals surface area contributed by atoms with Crippen molar-refractivity contribution in [2.75, 3.05) is 46.1 Å². The van der Waals surface area contributed by atoms with Crippen LogP contribution in [0.1, 0.15) is 42.3 Å². The van der Waals surface area contributed by atoms with Gasteiger partial charge in [-0.25, -0.2) is 0 Å². The molecule has 0 N–H and O–H groups in total. The smallest absolute Gasteiger partial charge is 0.178 e. The number of rotatable bonds is 3. The second-order valence-corrected chi connectivity index (χ2v) is 7.89. The Kier molecular flexibility index (Phi) is 4.60. The Hall–Kier alpha value is -1.57. The van der Waals surface area contributed by atoms with E-state index in [1.807, 2.05) is 4.52 Å². The van der Waals surface area contributed by atoms with Gasteiger partial charge in [0, 0.05) is 18.4 Å². The molecule has 5 rings (SSSR count). The van der Waals surface area contributed by atoms with Gasteiger partial charge in [-0.3, -0.25) is 0 Å². The molecule has 0 amide bonds. The van der Waals surface area contributed by atoms with Crippen LogP contribution in [0.2, 0.25) is 0 Å². The lowest BCUT2D eigenvalue weighted by Gasteiger charge is -2.33. The van der Waals surface area contributed by atoms with Crippen molar-refractivity contribution in [3.05, 3.63) is 23.1 Å². The number of fused-ring (bicyclic) bond motifs is 2. The van der Waals surface area contributed by atoms with Gasteiger partial charge in [0.2, 0.25) is 0 Å². The number of likely N-dealkylation sites (tertiary alicyclic amines) is 1. The van der Waals surface area contributed by atoms with E-state index in [1.54, 1.807) is 0 Å². The van der Waals surface area contributed by atoms with Gasteiger partial charge >= 0.3 is 0 Å². The molecule has 0 radical (unpaired) electrons. The van der Waals surface area contributed by atoms with Crippen LogP contribution in [0.3, 0.4) is 0 Å². The number of piperidine rings is 1. The molecule has 2 aromatic rings. The summed E-state index contributed by atoms with van der Waals surface area (Å²) in [6.45, 7) is 6.37. The van der Waals surface area contributed by atoms with Gasteiger partial charge in [0.1, 0.15) is 0 Å². The lowest BCUT2D eigenvalue weighted by atomic mass is 9.95. The number of aryl methyl sites for hydroxylation is 2. The molecule has 2 aromatic heterocycles. The molecule has 7 heteroatoms. The number of ether oxygens (including phenoxy) is 2. The zero-order valence-electron chi connectivity index (χ0n) is 15.3. The van der Waals surface area contributed by atoms with Crippen molar-refractivity contribution in [1.29, 1.82) is 0 Å². The summed E-state index contributed by atoms with van der Waals surface area (Å²) in [5.41, 5.74) is 3.51. The van der Waals surface area contributed by atoms with Crippen molar-refractivity contribution in [1.82, 2.24) is 24.7 Å². The van der Waals surface area contributed by atoms with E-state index in [9.17, 15) is 0 Å². The van der Waals surface area contributed by atoms with Crippen LogP contribution in [-0.2, 0) is 22.3 Å².